The molecule has 0 aromatic carbocycles. The Morgan fingerprint density at radius 2 is 2.13 bits per heavy atom. The number of nitrogens with two attached hydrogens (primary N) is 1. The van der Waals surface area contributed by atoms with Crippen molar-refractivity contribution in [3.8, 4) is 0 Å². The normalized spacial score (nSPS) is 45.4. The van der Waals surface area contributed by atoms with Gasteiger partial charge in [-0.15, -0.1) is 0 Å². The van der Waals surface area contributed by atoms with Gasteiger partial charge in [-0.1, -0.05) is 20.8 Å². The highest BCUT2D eigenvalue weighted by atomic mass is 16.3. The van der Waals surface area contributed by atoms with Gasteiger partial charge in [-0.3, -0.25) is 4.90 Å². The number of aliphatic hydroxyl groups excluding tert-OH is 1. The van der Waals surface area contributed by atoms with Crippen LogP contribution in [0.2, 0.25) is 0 Å². The van der Waals surface area contributed by atoms with E-state index in [-0.39, 0.29) is 5.41 Å². The average molecular weight is 212 g/mol. The second kappa shape index (κ2) is 3.72. The lowest BCUT2D eigenvalue weighted by Crippen LogP contribution is -2.65. The first-order valence-electron chi connectivity index (χ1n) is 6.10. The van der Waals surface area contributed by atoms with E-state index >= 15 is 0 Å². The molecule has 4 atom stereocenters. The minimum Gasteiger partial charge on any atom is -0.395 e. The third-order valence-electron chi connectivity index (χ3n) is 4.80. The molecule has 2 fully saturated rings. The molecule has 2 rings (SSSR count). The molecule has 0 amide bonds. The fourth-order valence-corrected chi connectivity index (χ4v) is 3.21. The fourth-order valence-electron chi connectivity index (χ4n) is 3.21. The number of hydrogen-bond acceptors (Lipinski definition) is 3. The molecule has 0 aromatic heterocycles. The van der Waals surface area contributed by atoms with E-state index in [9.17, 15) is 5.11 Å². The first-order chi connectivity index (χ1) is 6.98. The molecule has 0 aromatic rings. The summed E-state index contributed by atoms with van der Waals surface area (Å²) in [7, 11) is 0. The maximum atomic E-state index is 9.44. The summed E-state index contributed by atoms with van der Waals surface area (Å²) in [4.78, 5) is 2.49. The molecule has 1 aliphatic carbocycles. The Morgan fingerprint density at radius 1 is 1.47 bits per heavy atom. The van der Waals surface area contributed by atoms with Gasteiger partial charge in [0.05, 0.1) is 6.61 Å². The molecule has 0 bridgehead atoms. The summed E-state index contributed by atoms with van der Waals surface area (Å²) < 4.78 is 0. The molecule has 3 heteroatoms. The fraction of sp³-hybridized carbons (Fsp3) is 1.00. The highest BCUT2D eigenvalue weighted by Gasteiger charge is 2.51. The zero-order valence-corrected chi connectivity index (χ0v) is 10.1. The molecule has 1 aliphatic heterocycles. The van der Waals surface area contributed by atoms with Crippen LogP contribution in [0.25, 0.3) is 0 Å². The number of likely N-dealkylation sites (tertiary alicyclic amines) is 1. The summed E-state index contributed by atoms with van der Waals surface area (Å²) in [5.74, 6) is 0.627. The van der Waals surface area contributed by atoms with Crippen molar-refractivity contribution >= 4 is 0 Å². The van der Waals surface area contributed by atoms with Gasteiger partial charge in [0, 0.05) is 18.1 Å². The highest BCUT2D eigenvalue weighted by molar-refractivity contribution is 5.07. The van der Waals surface area contributed by atoms with Crippen molar-refractivity contribution in [1.29, 1.82) is 0 Å². The lowest BCUT2D eigenvalue weighted by atomic mass is 9.62. The summed E-state index contributed by atoms with van der Waals surface area (Å²) in [5.41, 5.74) is 6.27. The van der Waals surface area contributed by atoms with Gasteiger partial charge < -0.3 is 10.8 Å². The van der Waals surface area contributed by atoms with Gasteiger partial charge in [-0.05, 0) is 30.7 Å². The lowest BCUT2D eigenvalue weighted by Gasteiger charge is -2.55. The standard InChI is InChI=1S/C12H24N2O/c1-8-4-5-14(9(8)7-15)11-6-10(13)12(11,2)3/h8-11,15H,4-7,13H2,1-3H3. The molecule has 0 spiro atoms. The van der Waals surface area contributed by atoms with Gasteiger partial charge in [-0.2, -0.15) is 0 Å². The van der Waals surface area contributed by atoms with Crippen molar-refractivity contribution in [2.75, 3.05) is 13.2 Å². The molecule has 3 N–H and O–H groups in total. The zero-order chi connectivity index (χ0) is 11.2. The van der Waals surface area contributed by atoms with E-state index < -0.39 is 0 Å². The van der Waals surface area contributed by atoms with Gasteiger partial charge in [0.15, 0.2) is 0 Å². The molecule has 0 radical (unpaired) electrons. The third kappa shape index (κ3) is 1.61. The molecule has 88 valence electrons. The van der Waals surface area contributed by atoms with Crippen molar-refractivity contribution in [2.24, 2.45) is 17.1 Å². The summed E-state index contributed by atoms with van der Waals surface area (Å²) in [5, 5.41) is 9.44. The van der Waals surface area contributed by atoms with Gasteiger partial charge >= 0.3 is 0 Å². The second-order valence-corrected chi connectivity index (χ2v) is 5.93. The van der Waals surface area contributed by atoms with Crippen LogP contribution in [-0.2, 0) is 0 Å². The van der Waals surface area contributed by atoms with Crippen molar-refractivity contribution in [3.05, 3.63) is 0 Å². The number of nitrogens with zero attached hydrogens (tertiary/aromatic N) is 1. The topological polar surface area (TPSA) is 49.5 Å². The summed E-state index contributed by atoms with van der Waals surface area (Å²) in [6, 6.07) is 1.27. The van der Waals surface area contributed by atoms with Crippen LogP contribution in [0.4, 0.5) is 0 Å². The monoisotopic (exact) mass is 212 g/mol. The third-order valence-corrected chi connectivity index (χ3v) is 4.80. The van der Waals surface area contributed by atoms with Crippen LogP contribution >= 0.6 is 0 Å². The van der Waals surface area contributed by atoms with Crippen LogP contribution in [-0.4, -0.2) is 41.3 Å². The Morgan fingerprint density at radius 3 is 2.60 bits per heavy atom. The first-order valence-corrected chi connectivity index (χ1v) is 6.10. The largest absolute Gasteiger partial charge is 0.395 e. The Bertz CT molecular complexity index is 242. The van der Waals surface area contributed by atoms with E-state index in [0.717, 1.165) is 13.0 Å². The van der Waals surface area contributed by atoms with E-state index in [2.05, 4.69) is 25.7 Å². The average Bonchev–Trinajstić information content (AvgIpc) is 2.55. The van der Waals surface area contributed by atoms with E-state index in [0.29, 0.717) is 30.7 Å². The van der Waals surface area contributed by atoms with Gasteiger partial charge in [0.1, 0.15) is 0 Å². The van der Waals surface area contributed by atoms with Crippen LogP contribution in [0.15, 0.2) is 0 Å². The minimum atomic E-state index is 0.220. The maximum Gasteiger partial charge on any atom is 0.0589 e. The van der Waals surface area contributed by atoms with E-state index in [1.165, 1.54) is 6.42 Å². The number of aliphatic hydroxyl groups is 1. The van der Waals surface area contributed by atoms with Crippen molar-refractivity contribution < 1.29 is 5.11 Å². The van der Waals surface area contributed by atoms with Crippen LogP contribution in [0.5, 0.6) is 0 Å². The van der Waals surface area contributed by atoms with Gasteiger partial charge in [-0.25, -0.2) is 0 Å². The van der Waals surface area contributed by atoms with Crippen molar-refractivity contribution in [2.45, 2.75) is 51.7 Å². The highest BCUT2D eigenvalue weighted by Crippen LogP contribution is 2.45. The lowest BCUT2D eigenvalue weighted by molar-refractivity contribution is -0.0421. The minimum absolute atomic E-state index is 0.220. The Balaban J connectivity index is 2.06. The Labute approximate surface area is 92.6 Å². The van der Waals surface area contributed by atoms with Gasteiger partial charge in [0.25, 0.3) is 0 Å². The van der Waals surface area contributed by atoms with Crippen LogP contribution in [0.3, 0.4) is 0 Å². The zero-order valence-electron chi connectivity index (χ0n) is 10.1. The summed E-state index contributed by atoms with van der Waals surface area (Å²) in [6.07, 6.45) is 2.31. The number of rotatable bonds is 2. The van der Waals surface area contributed by atoms with Crippen LogP contribution in [0, 0.1) is 11.3 Å². The quantitative estimate of drug-likeness (QED) is 0.712. The SMILES string of the molecule is CC1CCN(C2CC(N)C2(C)C)C1CO. The number of hydrogen-bond donors (Lipinski definition) is 2. The van der Waals surface area contributed by atoms with E-state index in [1.54, 1.807) is 0 Å². The molecule has 4 unspecified atom stereocenters. The molecule has 1 saturated carbocycles. The summed E-state index contributed by atoms with van der Waals surface area (Å²) >= 11 is 0. The predicted molar refractivity (Wildman–Crippen MR) is 61.5 cm³/mol. The molecule has 2 aliphatic rings. The molecule has 3 nitrogen and oxygen atoms in total. The Kier molecular flexibility index (Phi) is 2.82. The predicted octanol–water partition coefficient (Wildman–Crippen LogP) is 0.815. The molecule has 1 heterocycles. The maximum absolute atomic E-state index is 9.44. The van der Waals surface area contributed by atoms with Crippen LogP contribution in [0.1, 0.15) is 33.6 Å². The summed E-state index contributed by atoms with van der Waals surface area (Å²) in [6.45, 7) is 8.18. The van der Waals surface area contributed by atoms with E-state index in [4.69, 9.17) is 5.73 Å². The van der Waals surface area contributed by atoms with Crippen molar-refractivity contribution in [1.82, 2.24) is 4.90 Å². The van der Waals surface area contributed by atoms with Gasteiger partial charge in [0.2, 0.25) is 0 Å². The molecular weight excluding hydrogens is 188 g/mol. The molecular formula is C12H24N2O. The molecule has 15 heavy (non-hydrogen) atoms. The Hall–Kier alpha value is -0.120. The first kappa shape index (κ1) is 11.4. The smallest absolute Gasteiger partial charge is 0.0589 e. The molecule has 1 saturated heterocycles. The van der Waals surface area contributed by atoms with E-state index in [1.807, 2.05) is 0 Å². The van der Waals surface area contributed by atoms with Crippen LogP contribution < -0.4 is 5.73 Å². The second-order valence-electron chi connectivity index (χ2n) is 5.93. The van der Waals surface area contributed by atoms with Crippen molar-refractivity contribution in [3.63, 3.8) is 0 Å².